The fourth-order valence-electron chi connectivity index (χ4n) is 2.76. The summed E-state index contributed by atoms with van der Waals surface area (Å²) in [5, 5.41) is 0. The van der Waals surface area contributed by atoms with Crippen molar-refractivity contribution in [2.24, 2.45) is 0 Å². The van der Waals surface area contributed by atoms with Gasteiger partial charge in [0, 0.05) is 18.7 Å². The maximum atomic E-state index is 12.7. The van der Waals surface area contributed by atoms with Gasteiger partial charge in [-0.15, -0.1) is 0 Å². The van der Waals surface area contributed by atoms with E-state index in [-0.39, 0.29) is 12.5 Å². The summed E-state index contributed by atoms with van der Waals surface area (Å²) in [4.78, 5) is 18.8. The number of hydrogen-bond acceptors (Lipinski definition) is 4. The number of fused-ring (bicyclic) bond motifs is 1. The van der Waals surface area contributed by atoms with E-state index in [1.54, 1.807) is 4.90 Å². The summed E-state index contributed by atoms with van der Waals surface area (Å²) in [6.45, 7) is 0.803. The first-order chi connectivity index (χ1) is 11.8. The van der Waals surface area contributed by atoms with E-state index in [9.17, 15) is 4.79 Å². The van der Waals surface area contributed by atoms with Crippen LogP contribution in [0.25, 0.3) is 0 Å². The first-order valence-corrected chi connectivity index (χ1v) is 7.84. The van der Waals surface area contributed by atoms with E-state index in [2.05, 4.69) is 4.98 Å². The number of benzene rings is 2. The minimum Gasteiger partial charge on any atom is -0.484 e. The van der Waals surface area contributed by atoms with Gasteiger partial charge in [0.2, 0.25) is 11.7 Å². The lowest BCUT2D eigenvalue weighted by atomic mass is 10.1. The van der Waals surface area contributed by atoms with Crippen molar-refractivity contribution < 1.29 is 13.9 Å². The Hall–Kier alpha value is -3.08. The zero-order chi connectivity index (χ0) is 16.4. The van der Waals surface area contributed by atoms with Crippen LogP contribution in [0.3, 0.4) is 0 Å². The second-order valence-corrected chi connectivity index (χ2v) is 5.53. The molecule has 0 bridgehead atoms. The largest absolute Gasteiger partial charge is 0.484 e. The molecule has 2 aromatic carbocycles. The molecule has 0 saturated heterocycles. The molecule has 1 aliphatic rings. The second-order valence-electron chi connectivity index (χ2n) is 5.53. The zero-order valence-electron chi connectivity index (χ0n) is 13.0. The Morgan fingerprint density at radius 3 is 2.50 bits per heavy atom. The standard InChI is InChI=1S/C19H16N2O3/c22-19-18-16(11-12-21(19)14-7-3-1-4-8-14)20-17(24-18)13-23-15-9-5-2-6-10-15/h1-10H,11-13H2. The lowest BCUT2D eigenvalue weighted by Crippen LogP contribution is -2.37. The van der Waals surface area contributed by atoms with Gasteiger partial charge in [0.15, 0.2) is 6.61 Å². The van der Waals surface area contributed by atoms with E-state index in [1.807, 2.05) is 60.7 Å². The number of para-hydroxylation sites is 2. The molecule has 120 valence electrons. The highest BCUT2D eigenvalue weighted by molar-refractivity contribution is 6.05. The van der Waals surface area contributed by atoms with Crippen molar-refractivity contribution >= 4 is 11.6 Å². The molecule has 0 atom stereocenters. The summed E-state index contributed by atoms with van der Waals surface area (Å²) in [5.74, 6) is 1.33. The molecule has 0 unspecified atom stereocenters. The number of carbonyl (C=O) groups is 1. The van der Waals surface area contributed by atoms with Gasteiger partial charge < -0.3 is 14.1 Å². The number of anilines is 1. The number of carbonyl (C=O) groups excluding carboxylic acids is 1. The van der Waals surface area contributed by atoms with Crippen LogP contribution in [-0.4, -0.2) is 17.4 Å². The first kappa shape index (κ1) is 14.5. The summed E-state index contributed by atoms with van der Waals surface area (Å²) >= 11 is 0. The molecule has 2 heterocycles. The summed E-state index contributed by atoms with van der Waals surface area (Å²) in [6.07, 6.45) is 0.671. The van der Waals surface area contributed by atoms with Gasteiger partial charge in [-0.3, -0.25) is 4.79 Å². The summed E-state index contributed by atoms with van der Waals surface area (Å²) < 4.78 is 11.3. The van der Waals surface area contributed by atoms with Crippen LogP contribution in [0.1, 0.15) is 22.1 Å². The molecule has 0 fully saturated rings. The molecule has 24 heavy (non-hydrogen) atoms. The Balaban J connectivity index is 1.52. The molecule has 0 saturated carbocycles. The highest BCUT2D eigenvalue weighted by Gasteiger charge is 2.31. The lowest BCUT2D eigenvalue weighted by molar-refractivity contribution is 0.0948. The van der Waals surface area contributed by atoms with Crippen LogP contribution in [0.5, 0.6) is 5.75 Å². The molecule has 4 rings (SSSR count). The molecule has 1 amide bonds. The smallest absolute Gasteiger partial charge is 0.296 e. The Kier molecular flexibility index (Phi) is 3.75. The molecule has 0 aliphatic carbocycles. The van der Waals surface area contributed by atoms with Gasteiger partial charge in [0.1, 0.15) is 5.75 Å². The molecular formula is C19H16N2O3. The second kappa shape index (κ2) is 6.20. The van der Waals surface area contributed by atoms with Crippen molar-refractivity contribution in [1.29, 1.82) is 0 Å². The maximum absolute atomic E-state index is 12.7. The van der Waals surface area contributed by atoms with E-state index in [4.69, 9.17) is 9.15 Å². The van der Waals surface area contributed by atoms with E-state index in [1.165, 1.54) is 0 Å². The highest BCUT2D eigenvalue weighted by Crippen LogP contribution is 2.25. The predicted octanol–water partition coefficient (Wildman–Crippen LogP) is 3.46. The van der Waals surface area contributed by atoms with Crippen LogP contribution in [0.15, 0.2) is 65.1 Å². The third kappa shape index (κ3) is 2.76. The monoisotopic (exact) mass is 320 g/mol. The van der Waals surface area contributed by atoms with Crippen LogP contribution in [-0.2, 0) is 13.0 Å². The minimum atomic E-state index is -0.152. The number of amides is 1. The first-order valence-electron chi connectivity index (χ1n) is 7.84. The molecule has 0 radical (unpaired) electrons. The molecule has 5 heteroatoms. The van der Waals surface area contributed by atoms with Gasteiger partial charge in [0.25, 0.3) is 5.91 Å². The lowest BCUT2D eigenvalue weighted by Gasteiger charge is -2.25. The Bertz CT molecular complexity index is 844. The van der Waals surface area contributed by atoms with Gasteiger partial charge in [-0.2, -0.15) is 0 Å². The van der Waals surface area contributed by atoms with E-state index >= 15 is 0 Å². The van der Waals surface area contributed by atoms with Crippen molar-refractivity contribution in [3.63, 3.8) is 0 Å². The van der Waals surface area contributed by atoms with E-state index in [0.29, 0.717) is 30.3 Å². The number of aromatic nitrogens is 1. The zero-order valence-corrected chi connectivity index (χ0v) is 13.0. The average Bonchev–Trinajstić information content (AvgIpc) is 3.06. The predicted molar refractivity (Wildman–Crippen MR) is 89.1 cm³/mol. The van der Waals surface area contributed by atoms with Crippen LogP contribution >= 0.6 is 0 Å². The Morgan fingerprint density at radius 1 is 1.04 bits per heavy atom. The fourth-order valence-corrected chi connectivity index (χ4v) is 2.76. The number of nitrogens with zero attached hydrogens (tertiary/aromatic N) is 2. The number of rotatable bonds is 4. The number of ether oxygens (including phenoxy) is 1. The Morgan fingerprint density at radius 2 is 1.75 bits per heavy atom. The van der Waals surface area contributed by atoms with Crippen molar-refractivity contribution in [3.05, 3.63) is 78.0 Å². The average molecular weight is 320 g/mol. The SMILES string of the molecule is O=C1c2oc(COc3ccccc3)nc2CCN1c1ccccc1. The normalized spacial score (nSPS) is 13.7. The molecule has 0 spiro atoms. The quantitative estimate of drug-likeness (QED) is 0.739. The molecule has 5 nitrogen and oxygen atoms in total. The Labute approximate surface area is 139 Å². The van der Waals surface area contributed by atoms with Crippen LogP contribution in [0.2, 0.25) is 0 Å². The topological polar surface area (TPSA) is 55.6 Å². The van der Waals surface area contributed by atoms with Gasteiger partial charge in [-0.25, -0.2) is 4.98 Å². The van der Waals surface area contributed by atoms with E-state index in [0.717, 1.165) is 11.4 Å². The van der Waals surface area contributed by atoms with Crippen molar-refractivity contribution in [3.8, 4) is 5.75 Å². The summed E-state index contributed by atoms with van der Waals surface area (Å²) in [5.41, 5.74) is 1.57. The van der Waals surface area contributed by atoms with Crippen LogP contribution in [0.4, 0.5) is 5.69 Å². The van der Waals surface area contributed by atoms with Crippen molar-refractivity contribution in [2.45, 2.75) is 13.0 Å². The van der Waals surface area contributed by atoms with Gasteiger partial charge in [0.05, 0.1) is 5.69 Å². The third-order valence-corrected chi connectivity index (χ3v) is 3.93. The number of oxazole rings is 1. The van der Waals surface area contributed by atoms with Crippen LogP contribution in [0, 0.1) is 0 Å². The maximum Gasteiger partial charge on any atom is 0.296 e. The van der Waals surface area contributed by atoms with Crippen molar-refractivity contribution in [2.75, 3.05) is 11.4 Å². The molecule has 0 N–H and O–H groups in total. The molecule has 1 aromatic heterocycles. The molecular weight excluding hydrogens is 304 g/mol. The minimum absolute atomic E-state index is 0.152. The fraction of sp³-hybridized carbons (Fsp3) is 0.158. The highest BCUT2D eigenvalue weighted by atomic mass is 16.5. The molecule has 1 aliphatic heterocycles. The number of hydrogen-bond donors (Lipinski definition) is 0. The van der Waals surface area contributed by atoms with Gasteiger partial charge >= 0.3 is 0 Å². The van der Waals surface area contributed by atoms with E-state index < -0.39 is 0 Å². The van der Waals surface area contributed by atoms with Crippen LogP contribution < -0.4 is 9.64 Å². The van der Waals surface area contributed by atoms with Gasteiger partial charge in [-0.05, 0) is 24.3 Å². The summed E-state index contributed by atoms with van der Waals surface area (Å²) in [6, 6.07) is 19.0. The molecule has 3 aromatic rings. The van der Waals surface area contributed by atoms with Gasteiger partial charge in [-0.1, -0.05) is 36.4 Å². The third-order valence-electron chi connectivity index (χ3n) is 3.93. The van der Waals surface area contributed by atoms with Crippen molar-refractivity contribution in [1.82, 2.24) is 4.98 Å². The summed E-state index contributed by atoms with van der Waals surface area (Å²) in [7, 11) is 0.